The van der Waals surface area contributed by atoms with Gasteiger partial charge in [-0.2, -0.15) is 0 Å². The molecular formula is C12H15Cl2NO3S. The number of ketones is 1. The molecule has 0 amide bonds. The number of benzene rings is 1. The Labute approximate surface area is 123 Å². The molecule has 7 heteroatoms. The predicted octanol–water partition coefficient (Wildman–Crippen LogP) is 2.84. The van der Waals surface area contributed by atoms with Crippen molar-refractivity contribution in [3.8, 4) is 0 Å². The number of sulfonamides is 1. The molecule has 0 heterocycles. The number of carbonyl (C=O) groups excluding carboxylic acids is 1. The van der Waals surface area contributed by atoms with Gasteiger partial charge >= 0.3 is 0 Å². The van der Waals surface area contributed by atoms with Crippen molar-refractivity contribution < 1.29 is 13.2 Å². The number of hydrogen-bond donors (Lipinski definition) is 1. The van der Waals surface area contributed by atoms with E-state index < -0.39 is 10.0 Å². The van der Waals surface area contributed by atoms with Gasteiger partial charge in [0.1, 0.15) is 4.90 Å². The summed E-state index contributed by atoms with van der Waals surface area (Å²) in [7, 11) is -3.70. The number of halogens is 2. The number of rotatable bonds is 7. The molecule has 0 aromatic heterocycles. The van der Waals surface area contributed by atoms with Gasteiger partial charge in [0.25, 0.3) is 0 Å². The standard InChI is InChI=1S/C12H15Cl2NO3S/c1-2-3-6-15-19(17,18)12-7-9(11(16)8-13)4-5-10(12)14/h4-5,7,15H,2-3,6,8H2,1H3. The molecule has 0 aliphatic rings. The zero-order valence-corrected chi connectivity index (χ0v) is 12.8. The second kappa shape index (κ2) is 7.24. The van der Waals surface area contributed by atoms with Gasteiger partial charge in [-0.25, -0.2) is 13.1 Å². The van der Waals surface area contributed by atoms with Crippen LogP contribution in [0.15, 0.2) is 23.1 Å². The first-order chi connectivity index (χ1) is 8.92. The third-order valence-electron chi connectivity index (χ3n) is 2.49. The molecule has 0 spiro atoms. The molecule has 0 unspecified atom stereocenters. The molecule has 1 aromatic carbocycles. The van der Waals surface area contributed by atoms with Crippen molar-refractivity contribution in [3.63, 3.8) is 0 Å². The summed E-state index contributed by atoms with van der Waals surface area (Å²) in [6.45, 7) is 2.30. The molecule has 19 heavy (non-hydrogen) atoms. The number of carbonyl (C=O) groups is 1. The fourth-order valence-corrected chi connectivity index (χ4v) is 3.17. The Kier molecular flexibility index (Phi) is 6.26. The van der Waals surface area contributed by atoms with Crippen LogP contribution in [-0.2, 0) is 10.0 Å². The van der Waals surface area contributed by atoms with E-state index in [1.165, 1.54) is 18.2 Å². The van der Waals surface area contributed by atoms with E-state index in [1.54, 1.807) is 0 Å². The van der Waals surface area contributed by atoms with Crippen LogP contribution in [-0.4, -0.2) is 26.6 Å². The fraction of sp³-hybridized carbons (Fsp3) is 0.417. The molecule has 1 rings (SSSR count). The van der Waals surface area contributed by atoms with Gasteiger partial charge in [0.2, 0.25) is 10.0 Å². The maximum absolute atomic E-state index is 12.1. The lowest BCUT2D eigenvalue weighted by Crippen LogP contribution is -2.25. The smallest absolute Gasteiger partial charge is 0.242 e. The second-order valence-corrected chi connectivity index (χ2v) is 6.36. The van der Waals surface area contributed by atoms with Crippen LogP contribution in [0.25, 0.3) is 0 Å². The summed E-state index contributed by atoms with van der Waals surface area (Å²) in [5.74, 6) is -0.548. The van der Waals surface area contributed by atoms with Crippen LogP contribution in [0.4, 0.5) is 0 Å². The summed E-state index contributed by atoms with van der Waals surface area (Å²) < 4.78 is 26.5. The van der Waals surface area contributed by atoms with E-state index in [2.05, 4.69) is 4.72 Å². The highest BCUT2D eigenvalue weighted by molar-refractivity contribution is 7.89. The van der Waals surface area contributed by atoms with Crippen LogP contribution < -0.4 is 4.72 Å². The fourth-order valence-electron chi connectivity index (χ4n) is 1.42. The van der Waals surface area contributed by atoms with E-state index in [4.69, 9.17) is 23.2 Å². The Bertz CT molecular complexity index is 558. The molecule has 0 aliphatic carbocycles. The maximum atomic E-state index is 12.1. The van der Waals surface area contributed by atoms with Gasteiger partial charge in [-0.1, -0.05) is 24.9 Å². The Hall–Kier alpha value is -0.620. The minimum absolute atomic E-state index is 0.0788. The summed E-state index contributed by atoms with van der Waals surface area (Å²) in [5, 5.41) is 0.0788. The van der Waals surface area contributed by atoms with Crippen molar-refractivity contribution in [2.75, 3.05) is 12.4 Å². The van der Waals surface area contributed by atoms with Crippen molar-refractivity contribution in [2.45, 2.75) is 24.7 Å². The highest BCUT2D eigenvalue weighted by Gasteiger charge is 2.19. The van der Waals surface area contributed by atoms with E-state index in [9.17, 15) is 13.2 Å². The van der Waals surface area contributed by atoms with E-state index in [1.807, 2.05) is 6.92 Å². The number of nitrogens with one attached hydrogen (secondary N) is 1. The van der Waals surface area contributed by atoms with Crippen LogP contribution in [0.5, 0.6) is 0 Å². The highest BCUT2D eigenvalue weighted by atomic mass is 35.5. The molecule has 1 aromatic rings. The largest absolute Gasteiger partial charge is 0.293 e. The Balaban J connectivity index is 3.07. The summed E-state index contributed by atoms with van der Waals surface area (Å²) in [5.41, 5.74) is 0.232. The normalized spacial score (nSPS) is 11.5. The molecule has 0 radical (unpaired) electrons. The quantitative estimate of drug-likeness (QED) is 0.476. The van der Waals surface area contributed by atoms with E-state index in [-0.39, 0.29) is 27.1 Å². The SMILES string of the molecule is CCCCNS(=O)(=O)c1cc(C(=O)CCl)ccc1Cl. The zero-order chi connectivity index (χ0) is 14.5. The molecule has 0 saturated heterocycles. The molecule has 0 saturated carbocycles. The van der Waals surface area contributed by atoms with E-state index in [0.29, 0.717) is 6.54 Å². The Morgan fingerprint density at radius 3 is 2.63 bits per heavy atom. The van der Waals surface area contributed by atoms with Gasteiger partial charge in [0.15, 0.2) is 5.78 Å². The van der Waals surface area contributed by atoms with Gasteiger partial charge in [0, 0.05) is 12.1 Å². The molecule has 0 fully saturated rings. The van der Waals surface area contributed by atoms with Gasteiger partial charge in [-0.05, 0) is 24.6 Å². The Morgan fingerprint density at radius 2 is 2.05 bits per heavy atom. The van der Waals surface area contributed by atoms with Crippen molar-refractivity contribution in [3.05, 3.63) is 28.8 Å². The van der Waals surface area contributed by atoms with E-state index in [0.717, 1.165) is 12.8 Å². The number of Topliss-reactive ketones (excluding diaryl/α,β-unsaturated/α-hetero) is 1. The summed E-state index contributed by atoms with van der Waals surface area (Å²) >= 11 is 11.3. The van der Waals surface area contributed by atoms with Crippen molar-refractivity contribution >= 4 is 39.0 Å². The molecule has 0 aliphatic heterocycles. The van der Waals surface area contributed by atoms with Crippen molar-refractivity contribution in [1.82, 2.24) is 4.72 Å². The maximum Gasteiger partial charge on any atom is 0.242 e. The zero-order valence-electron chi connectivity index (χ0n) is 10.4. The number of alkyl halides is 1. The average molecular weight is 324 g/mol. The monoisotopic (exact) mass is 323 g/mol. The minimum Gasteiger partial charge on any atom is -0.293 e. The van der Waals surface area contributed by atoms with Gasteiger partial charge < -0.3 is 0 Å². The molecule has 106 valence electrons. The minimum atomic E-state index is -3.70. The lowest BCUT2D eigenvalue weighted by molar-refractivity contribution is 0.102. The first-order valence-electron chi connectivity index (χ1n) is 5.80. The van der Waals surface area contributed by atoms with E-state index >= 15 is 0 Å². The Morgan fingerprint density at radius 1 is 1.37 bits per heavy atom. The van der Waals surface area contributed by atoms with Crippen LogP contribution in [0.2, 0.25) is 5.02 Å². The highest BCUT2D eigenvalue weighted by Crippen LogP contribution is 2.23. The van der Waals surface area contributed by atoms with Crippen LogP contribution in [0, 0.1) is 0 Å². The van der Waals surface area contributed by atoms with Crippen LogP contribution in [0.1, 0.15) is 30.1 Å². The second-order valence-electron chi connectivity index (χ2n) is 3.95. The van der Waals surface area contributed by atoms with Crippen LogP contribution in [0.3, 0.4) is 0 Å². The average Bonchev–Trinajstić information content (AvgIpc) is 2.38. The summed E-state index contributed by atoms with van der Waals surface area (Å²) in [6, 6.07) is 4.09. The van der Waals surface area contributed by atoms with Crippen molar-refractivity contribution in [2.24, 2.45) is 0 Å². The molecule has 4 nitrogen and oxygen atoms in total. The first kappa shape index (κ1) is 16.4. The number of hydrogen-bond acceptors (Lipinski definition) is 3. The molecule has 0 bridgehead atoms. The van der Waals surface area contributed by atoms with Crippen LogP contribution >= 0.6 is 23.2 Å². The third-order valence-corrected chi connectivity index (χ3v) is 4.67. The summed E-state index contributed by atoms with van der Waals surface area (Å²) in [4.78, 5) is 11.4. The van der Waals surface area contributed by atoms with Crippen molar-refractivity contribution in [1.29, 1.82) is 0 Å². The summed E-state index contributed by atoms with van der Waals surface area (Å²) in [6.07, 6.45) is 1.61. The molecule has 1 N–H and O–H groups in total. The predicted molar refractivity (Wildman–Crippen MR) is 76.6 cm³/mol. The third kappa shape index (κ3) is 4.45. The van der Waals surface area contributed by atoms with Gasteiger partial charge in [-0.15, -0.1) is 11.6 Å². The molecule has 0 atom stereocenters. The van der Waals surface area contributed by atoms with Gasteiger partial charge in [-0.3, -0.25) is 4.79 Å². The first-order valence-corrected chi connectivity index (χ1v) is 8.20. The topological polar surface area (TPSA) is 63.2 Å². The molecular weight excluding hydrogens is 309 g/mol. The number of unbranched alkanes of at least 4 members (excludes halogenated alkanes) is 1. The lowest BCUT2D eigenvalue weighted by Gasteiger charge is -2.09. The van der Waals surface area contributed by atoms with Gasteiger partial charge in [0.05, 0.1) is 10.9 Å². The lowest BCUT2D eigenvalue weighted by atomic mass is 10.1.